The van der Waals surface area contributed by atoms with E-state index in [1.807, 2.05) is 13.8 Å². The van der Waals surface area contributed by atoms with Gasteiger partial charge < -0.3 is 19.7 Å². The number of carboxylic acids is 2. The molecular weight excluding hydrogens is 503 g/mol. The largest absolute Gasteiger partial charge is 0.491 e. The number of fused-ring (bicyclic) bond motifs is 1. The lowest BCUT2D eigenvalue weighted by Crippen LogP contribution is -2.37. The van der Waals surface area contributed by atoms with Gasteiger partial charge in [-0.2, -0.15) is 13.2 Å². The van der Waals surface area contributed by atoms with E-state index in [1.165, 1.54) is 24.3 Å². The Hall–Kier alpha value is -4.31. The van der Waals surface area contributed by atoms with Crippen LogP contribution in [0.4, 0.5) is 24.5 Å². The van der Waals surface area contributed by atoms with Gasteiger partial charge in [0.1, 0.15) is 40.6 Å². The maximum absolute atomic E-state index is 13.1. The molecule has 1 aliphatic heterocycles. The summed E-state index contributed by atoms with van der Waals surface area (Å²) in [6, 6.07) is 15.7. The number of alkyl halides is 3. The van der Waals surface area contributed by atoms with Gasteiger partial charge in [0.05, 0.1) is 24.3 Å². The van der Waals surface area contributed by atoms with Crippen LogP contribution in [0.25, 0.3) is 5.57 Å². The van der Waals surface area contributed by atoms with E-state index in [-0.39, 0.29) is 38.9 Å². The number of hydrogen-bond acceptors (Lipinski definition) is 4. The predicted octanol–water partition coefficient (Wildman–Crippen LogP) is 6.84. The summed E-state index contributed by atoms with van der Waals surface area (Å²) in [5.74, 6) is -1.92. The van der Waals surface area contributed by atoms with Crippen molar-refractivity contribution >= 4 is 28.9 Å². The molecule has 0 fully saturated rings. The van der Waals surface area contributed by atoms with Crippen molar-refractivity contribution < 1.29 is 42.4 Å². The van der Waals surface area contributed by atoms with Crippen LogP contribution in [0.3, 0.4) is 0 Å². The highest BCUT2D eigenvalue weighted by Crippen LogP contribution is 2.52. The van der Waals surface area contributed by atoms with Crippen molar-refractivity contribution in [2.75, 3.05) is 7.05 Å². The molecule has 0 saturated heterocycles. The summed E-state index contributed by atoms with van der Waals surface area (Å²) in [6.07, 6.45) is -5.17. The Bertz CT molecular complexity index is 1430. The van der Waals surface area contributed by atoms with E-state index in [0.29, 0.717) is 17.1 Å². The summed E-state index contributed by atoms with van der Waals surface area (Å²) in [4.78, 5) is 24.2. The van der Waals surface area contributed by atoms with E-state index >= 15 is 0 Å². The van der Waals surface area contributed by atoms with E-state index in [4.69, 9.17) is 9.47 Å². The highest BCUT2D eigenvalue weighted by atomic mass is 19.4. The number of rotatable bonds is 8. The number of hydrogen-bond donors (Lipinski definition) is 2. The molecule has 3 aromatic rings. The van der Waals surface area contributed by atoms with Gasteiger partial charge in [-0.05, 0) is 56.3 Å². The third-order valence-electron chi connectivity index (χ3n) is 6.20. The van der Waals surface area contributed by atoms with E-state index < -0.39 is 30.1 Å². The van der Waals surface area contributed by atoms with E-state index in [9.17, 15) is 33.0 Å². The van der Waals surface area contributed by atoms with Crippen LogP contribution in [0.15, 0.2) is 72.4 Å². The molecule has 7 nitrogen and oxygen atoms in total. The Balaban J connectivity index is 1.83. The lowest BCUT2D eigenvalue weighted by molar-refractivity contribution is -0.138. The maximum Gasteiger partial charge on any atom is 0.416 e. The van der Waals surface area contributed by atoms with Gasteiger partial charge in [-0.1, -0.05) is 6.07 Å². The summed E-state index contributed by atoms with van der Waals surface area (Å²) in [7, 11) is 1.69. The molecule has 38 heavy (non-hydrogen) atoms. The average molecular weight is 529 g/mol. The number of ether oxygens (including phenoxy) is 2. The Morgan fingerprint density at radius 2 is 1.55 bits per heavy atom. The molecule has 0 amide bonds. The molecule has 0 radical (unpaired) electrons. The number of carbonyl (C=O) groups is 2. The summed E-state index contributed by atoms with van der Waals surface area (Å²) in [5.41, 5.74) is 0.313. The van der Waals surface area contributed by atoms with Crippen LogP contribution in [-0.4, -0.2) is 35.3 Å². The first kappa shape index (κ1) is 26.7. The normalized spacial score (nSPS) is 16.9. The number of quaternary nitrogens is 1. The van der Waals surface area contributed by atoms with Gasteiger partial charge in [0.15, 0.2) is 5.69 Å². The van der Waals surface area contributed by atoms with E-state index in [2.05, 4.69) is 0 Å². The number of carboxylic acid groups (broad SMARTS) is 2. The second kappa shape index (κ2) is 9.86. The fraction of sp³-hybridized carbons (Fsp3) is 0.214. The molecule has 198 valence electrons. The molecule has 2 N–H and O–H groups in total. The molecule has 1 unspecified atom stereocenters. The van der Waals surface area contributed by atoms with Crippen molar-refractivity contribution in [3.8, 4) is 17.2 Å². The number of aliphatic carboxylic acids is 2. The van der Waals surface area contributed by atoms with E-state index in [1.54, 1.807) is 37.4 Å². The van der Waals surface area contributed by atoms with Crippen LogP contribution < -0.4 is 14.0 Å². The van der Waals surface area contributed by atoms with Crippen LogP contribution in [0.1, 0.15) is 31.4 Å². The zero-order valence-corrected chi connectivity index (χ0v) is 20.7. The van der Waals surface area contributed by atoms with Gasteiger partial charge in [-0.15, -0.1) is 0 Å². The lowest BCUT2D eigenvalue weighted by Gasteiger charge is -2.32. The highest BCUT2D eigenvalue weighted by Gasteiger charge is 2.48. The average Bonchev–Trinajstić information content (AvgIpc) is 3.06. The highest BCUT2D eigenvalue weighted by molar-refractivity contribution is 6.21. The van der Waals surface area contributed by atoms with Gasteiger partial charge in [0.2, 0.25) is 0 Å². The lowest BCUT2D eigenvalue weighted by atomic mass is 10.0. The van der Waals surface area contributed by atoms with Crippen molar-refractivity contribution in [3.05, 3.63) is 83.6 Å². The Morgan fingerprint density at radius 3 is 2.13 bits per heavy atom. The molecule has 1 heterocycles. The summed E-state index contributed by atoms with van der Waals surface area (Å²) < 4.78 is 50.5. The SMILES string of the molecule is CC(C)Oc1ccc([N+]2(C)C(CC(=O)O)=C(C(=O)O)c3cc(Oc4cccc(C(F)(F)F)c4)ccc32)cc1. The summed E-state index contributed by atoms with van der Waals surface area (Å²) in [6.45, 7) is 3.76. The molecule has 0 saturated carbocycles. The second-order valence-corrected chi connectivity index (χ2v) is 9.17. The zero-order valence-electron chi connectivity index (χ0n) is 20.7. The molecule has 1 aliphatic rings. The fourth-order valence-corrected chi connectivity index (χ4v) is 4.58. The molecule has 0 spiro atoms. The van der Waals surface area contributed by atoms with Crippen LogP contribution >= 0.6 is 0 Å². The molecular formula is C28H25F3NO6+. The van der Waals surface area contributed by atoms with Gasteiger partial charge in [-0.3, -0.25) is 4.79 Å². The Labute approximate surface area is 216 Å². The van der Waals surface area contributed by atoms with Gasteiger partial charge in [0.25, 0.3) is 0 Å². The molecule has 4 rings (SSSR count). The monoisotopic (exact) mass is 528 g/mol. The minimum Gasteiger partial charge on any atom is -0.491 e. The van der Waals surface area contributed by atoms with Crippen molar-refractivity contribution in [2.45, 2.75) is 32.5 Å². The van der Waals surface area contributed by atoms with Crippen molar-refractivity contribution in [1.82, 2.24) is 4.48 Å². The molecule has 1 atom stereocenters. The van der Waals surface area contributed by atoms with Gasteiger partial charge in [0, 0.05) is 18.2 Å². The Morgan fingerprint density at radius 1 is 0.921 bits per heavy atom. The minimum absolute atomic E-state index is 0.0607. The first-order valence-electron chi connectivity index (χ1n) is 11.6. The van der Waals surface area contributed by atoms with Crippen LogP contribution in [-0.2, 0) is 15.8 Å². The predicted molar refractivity (Wildman–Crippen MR) is 134 cm³/mol. The third kappa shape index (κ3) is 5.08. The van der Waals surface area contributed by atoms with Crippen LogP contribution in [0.2, 0.25) is 0 Å². The van der Waals surface area contributed by atoms with Crippen LogP contribution in [0, 0.1) is 0 Å². The molecule has 0 aliphatic carbocycles. The summed E-state index contributed by atoms with van der Waals surface area (Å²) >= 11 is 0. The second-order valence-electron chi connectivity index (χ2n) is 9.17. The fourth-order valence-electron chi connectivity index (χ4n) is 4.58. The van der Waals surface area contributed by atoms with Gasteiger partial charge >= 0.3 is 18.1 Å². The van der Waals surface area contributed by atoms with Gasteiger partial charge in [-0.25, -0.2) is 9.28 Å². The zero-order chi connectivity index (χ0) is 27.8. The molecule has 0 bridgehead atoms. The minimum atomic E-state index is -4.56. The Kier molecular flexibility index (Phi) is 6.94. The first-order chi connectivity index (χ1) is 17.8. The topological polar surface area (TPSA) is 93.1 Å². The molecule has 0 aromatic heterocycles. The molecule has 3 aromatic carbocycles. The number of benzene rings is 3. The standard InChI is InChI=1S/C28H24F3NO6/c1-16(2)37-19-9-7-18(8-10-19)32(3)23-12-11-21(38-20-6-4-5-17(13-20)28(29,30)31)14-22(23)26(27(35)36)24(32)15-25(33)34/h4-14,16H,15H2,1-3H3,(H-,33,34,35,36)/p+1. The van der Waals surface area contributed by atoms with Crippen molar-refractivity contribution in [2.24, 2.45) is 0 Å². The maximum atomic E-state index is 13.1. The number of nitrogens with zero attached hydrogens (tertiary/aromatic N) is 1. The first-order valence-corrected chi connectivity index (χ1v) is 11.6. The quantitative estimate of drug-likeness (QED) is 0.311. The number of halogens is 3. The van der Waals surface area contributed by atoms with E-state index in [0.717, 1.165) is 12.1 Å². The van der Waals surface area contributed by atoms with Crippen molar-refractivity contribution in [3.63, 3.8) is 0 Å². The van der Waals surface area contributed by atoms with Crippen molar-refractivity contribution in [1.29, 1.82) is 0 Å². The molecule has 10 heteroatoms. The summed E-state index contributed by atoms with van der Waals surface area (Å²) in [5, 5.41) is 19.8. The third-order valence-corrected chi connectivity index (χ3v) is 6.20. The smallest absolute Gasteiger partial charge is 0.416 e. The van der Waals surface area contributed by atoms with Crippen LogP contribution in [0.5, 0.6) is 17.2 Å².